The molecule has 1 spiro atoms. The maximum atomic E-state index is 16.3. The number of ether oxygens (including phenoxy) is 3. The lowest BCUT2D eigenvalue weighted by Crippen LogP contribution is -2.71. The highest BCUT2D eigenvalue weighted by molar-refractivity contribution is 5.89. The number of fused-ring (bicyclic) bond motifs is 12. The molecule has 13 nitrogen and oxygen atoms in total. The minimum atomic E-state index is -1.65. The van der Waals surface area contributed by atoms with Gasteiger partial charge >= 0.3 is 11.9 Å². The van der Waals surface area contributed by atoms with E-state index in [1.165, 1.54) is 0 Å². The highest BCUT2D eigenvalue weighted by atomic mass is 16.6. The lowest BCUT2D eigenvalue weighted by atomic mass is 9.40. The summed E-state index contributed by atoms with van der Waals surface area (Å²) in [4.78, 5) is 45.4. The Bertz CT molecular complexity index is 3460. The van der Waals surface area contributed by atoms with Crippen molar-refractivity contribution in [2.75, 3.05) is 11.9 Å². The Labute approximate surface area is 530 Å². The van der Waals surface area contributed by atoms with Crippen LogP contribution in [0.15, 0.2) is 60.2 Å². The van der Waals surface area contributed by atoms with Crippen molar-refractivity contribution in [3.05, 3.63) is 99.1 Å². The van der Waals surface area contributed by atoms with Gasteiger partial charge in [0.05, 0.1) is 42.2 Å². The van der Waals surface area contributed by atoms with E-state index in [1.807, 2.05) is 36.4 Å². The zero-order chi connectivity index (χ0) is 61.8. The highest BCUT2D eigenvalue weighted by Gasteiger charge is 2.69. The number of Topliss-reactive ketones (excluding diaryl/α,β-unsaturated/α-hetero) is 1. The quantitative estimate of drug-likeness (QED) is 0.0724. The first-order valence-electron chi connectivity index (χ1n) is 35.2. The molecule has 18 bridgehead atoms. The van der Waals surface area contributed by atoms with Crippen LogP contribution in [0.5, 0.6) is 11.5 Å². The van der Waals surface area contributed by atoms with Crippen LogP contribution in [-0.4, -0.2) is 96.6 Å². The maximum absolute atomic E-state index is 16.3. The molecule has 3 aromatic rings. The van der Waals surface area contributed by atoms with Crippen molar-refractivity contribution in [3.8, 4) is 35.2 Å². The summed E-state index contributed by atoms with van der Waals surface area (Å²) >= 11 is 0. The van der Waals surface area contributed by atoms with Crippen molar-refractivity contribution in [1.29, 1.82) is 0 Å². The minimum absolute atomic E-state index is 0.0102. The van der Waals surface area contributed by atoms with Gasteiger partial charge in [0.2, 0.25) is 0 Å². The second-order valence-electron chi connectivity index (χ2n) is 30.7. The van der Waals surface area contributed by atoms with Gasteiger partial charge in [0.15, 0.2) is 0 Å². The maximum Gasteiger partial charge on any atom is 0.334 e. The number of anilines is 1. The Kier molecular flexibility index (Phi) is 16.3. The third-order valence-corrected chi connectivity index (χ3v) is 25.3. The molecule has 7 aliphatic carbocycles. The molecule has 7 saturated carbocycles. The predicted octanol–water partition coefficient (Wildman–Crippen LogP) is 11.5. The number of esters is 2. The molecule has 7 heterocycles. The van der Waals surface area contributed by atoms with Crippen LogP contribution in [0.25, 0.3) is 0 Å². The van der Waals surface area contributed by atoms with Crippen molar-refractivity contribution in [3.63, 3.8) is 0 Å². The molecule has 7 aliphatic heterocycles. The van der Waals surface area contributed by atoms with Crippen LogP contribution in [0.1, 0.15) is 224 Å². The monoisotopic (exact) mass is 1220 g/mol. The Morgan fingerprint density at radius 2 is 1.42 bits per heavy atom. The van der Waals surface area contributed by atoms with Crippen LogP contribution >= 0.6 is 0 Å². The van der Waals surface area contributed by atoms with E-state index in [9.17, 15) is 40.2 Å². The first-order valence-corrected chi connectivity index (χ1v) is 35.2. The molecule has 0 radical (unpaired) electrons. The molecule has 90 heavy (non-hydrogen) atoms. The molecule has 13 heteroatoms. The van der Waals surface area contributed by atoms with E-state index in [0.29, 0.717) is 77.3 Å². The Hall–Kier alpha value is -5.51. The predicted molar refractivity (Wildman–Crippen MR) is 339 cm³/mol. The first kappa shape index (κ1) is 60.7. The van der Waals surface area contributed by atoms with E-state index in [4.69, 9.17) is 14.2 Å². The normalized spacial score (nSPS) is 39.7. The summed E-state index contributed by atoms with van der Waals surface area (Å²) in [7, 11) is 0. The molecule has 0 aromatic heterocycles. The van der Waals surface area contributed by atoms with E-state index in [2.05, 4.69) is 41.1 Å². The van der Waals surface area contributed by atoms with Crippen molar-refractivity contribution < 1.29 is 59.2 Å². The van der Waals surface area contributed by atoms with Gasteiger partial charge in [-0.25, -0.2) is 4.79 Å². The van der Waals surface area contributed by atoms with Gasteiger partial charge in [0, 0.05) is 65.9 Å². The van der Waals surface area contributed by atoms with Gasteiger partial charge in [-0.2, -0.15) is 0 Å². The smallest absolute Gasteiger partial charge is 0.334 e. The van der Waals surface area contributed by atoms with Crippen LogP contribution in [0.4, 0.5) is 5.69 Å². The summed E-state index contributed by atoms with van der Waals surface area (Å²) in [5, 5.41) is 81.5. The summed E-state index contributed by atoms with van der Waals surface area (Å²) in [6.45, 7) is 1.56. The molecular formula is C77H93NO12. The molecule has 19 unspecified atom stereocenters. The number of ketones is 1. The molecular weight excluding hydrogens is 1130 g/mol. The number of hydrogen-bond donors (Lipinski definition) is 7. The van der Waals surface area contributed by atoms with E-state index < -0.39 is 70.9 Å². The molecule has 17 rings (SSSR count). The molecule has 0 amide bonds. The second-order valence-corrected chi connectivity index (χ2v) is 30.7. The fourth-order valence-electron chi connectivity index (χ4n) is 20.9. The standard InChI is InChI=1S/C77H93NO12/c1-75(86)42-78-55-35-51(34-53(36-55)72(83)76(26-8-3-9-27-76)28-25-43-17-23-63-49(30-43)21-24-64(88-63)73(75)84)47-18-19-48-41-66(81)90-71-59(48)38-52(70(82)67(71)46-13-4-2-5-14-46)40-65-77(87)61-16-7-6-15-57(61)58-22-20-50-39-62(80)60(68(58)69(50)77)32-45-12-10-11-44(29-45)31-56(79)37-54(33-47)74(85)89-65/h10-12,29,34-38,43,46-50,56-58,60-61,63-65,68-69,72-73,78-79,82-84,86-87H,2-9,13-17,20-24,26-27,30-33,39-42H2,1H3. The van der Waals surface area contributed by atoms with Gasteiger partial charge in [-0.05, 0) is 203 Å². The van der Waals surface area contributed by atoms with E-state index in [1.54, 1.807) is 13.0 Å². The molecule has 14 aliphatic rings. The number of aromatic hydroxyl groups is 1. The highest BCUT2D eigenvalue weighted by Crippen LogP contribution is 2.66. The second kappa shape index (κ2) is 24.1. The van der Waals surface area contributed by atoms with E-state index in [0.717, 1.165) is 127 Å². The average Bonchev–Trinajstić information content (AvgIpc) is 0.718. The number of hydrogen-bond acceptors (Lipinski definition) is 13. The summed E-state index contributed by atoms with van der Waals surface area (Å²) < 4.78 is 20.3. The molecule has 1 saturated heterocycles. The largest absolute Gasteiger partial charge is 0.507 e. The number of carbonyl (C=O) groups is 3. The molecule has 19 atom stereocenters. The van der Waals surface area contributed by atoms with Crippen LogP contribution < -0.4 is 10.1 Å². The molecule has 478 valence electrons. The number of phenolic OH excluding ortho intramolecular Hbond substituents is 1. The summed E-state index contributed by atoms with van der Waals surface area (Å²) in [5.74, 6) is 11.8. The number of aliphatic hydroxyl groups excluding tert-OH is 3. The minimum Gasteiger partial charge on any atom is -0.507 e. The van der Waals surface area contributed by atoms with Crippen molar-refractivity contribution in [2.24, 2.45) is 58.7 Å². The van der Waals surface area contributed by atoms with Crippen molar-refractivity contribution in [2.45, 2.75) is 246 Å². The lowest BCUT2D eigenvalue weighted by molar-refractivity contribution is -0.265. The summed E-state index contributed by atoms with van der Waals surface area (Å²) in [6.07, 6.45) is 15.2. The topological polar surface area (TPSA) is 212 Å². The Morgan fingerprint density at radius 1 is 0.678 bits per heavy atom. The zero-order valence-corrected chi connectivity index (χ0v) is 52.5. The van der Waals surface area contributed by atoms with Gasteiger partial charge in [-0.3, -0.25) is 9.59 Å². The number of phenols is 1. The van der Waals surface area contributed by atoms with Gasteiger partial charge in [0.25, 0.3) is 0 Å². The van der Waals surface area contributed by atoms with Gasteiger partial charge in [-0.15, -0.1) is 0 Å². The number of nitrogens with one attached hydrogen (secondary N) is 1. The number of aliphatic hydroxyl groups is 5. The molecule has 7 N–H and O–H groups in total. The van der Waals surface area contributed by atoms with Crippen molar-refractivity contribution >= 4 is 23.4 Å². The Balaban J connectivity index is 0.930. The van der Waals surface area contributed by atoms with Gasteiger partial charge < -0.3 is 50.2 Å². The van der Waals surface area contributed by atoms with Crippen LogP contribution in [0.3, 0.4) is 0 Å². The fraction of sp³-hybridized carbons (Fsp3) is 0.649. The van der Waals surface area contributed by atoms with Crippen LogP contribution in [0.2, 0.25) is 0 Å². The van der Waals surface area contributed by atoms with Gasteiger partial charge in [-0.1, -0.05) is 105 Å². The zero-order valence-electron chi connectivity index (χ0n) is 52.5. The molecule has 8 fully saturated rings. The third kappa shape index (κ3) is 11.0. The van der Waals surface area contributed by atoms with E-state index in [-0.39, 0.29) is 109 Å². The van der Waals surface area contributed by atoms with Crippen molar-refractivity contribution in [1.82, 2.24) is 0 Å². The molecule has 3 aromatic carbocycles. The number of benzene rings is 3. The fourth-order valence-corrected chi connectivity index (χ4v) is 20.9. The lowest BCUT2D eigenvalue weighted by Gasteiger charge is -2.66. The van der Waals surface area contributed by atoms with Crippen LogP contribution in [0, 0.1) is 82.4 Å². The first-order chi connectivity index (χ1) is 43.5. The number of carbonyl (C=O) groups excluding carboxylic acids is 3. The number of rotatable bonds is 2. The van der Waals surface area contributed by atoms with Crippen LogP contribution in [-0.2, 0) is 43.1 Å². The Morgan fingerprint density at radius 3 is 2.26 bits per heavy atom. The third-order valence-electron chi connectivity index (χ3n) is 25.3. The summed E-state index contributed by atoms with van der Waals surface area (Å²) in [5.41, 5.74) is 1.43. The average molecular weight is 1220 g/mol. The van der Waals surface area contributed by atoms with E-state index >= 15 is 4.79 Å². The SMILES string of the molecule is CC1(O)CNc2cc(C3C#CC4CC(=O)Oc5c4cc(c(O)c5C4CCCCC4)CC4OC(=O)C(=CC(O)Cc5cccc(c5)CC5C(=O)CC6CCC7C8CCCCC8C4(O)C6C57)C3)cc(c2)C(O)C2(C#CC3CCC4OC(CCC4C3)C1O)CCCCC2. The summed E-state index contributed by atoms with van der Waals surface area (Å²) in [6, 6.07) is 15.8. The van der Waals surface area contributed by atoms with Gasteiger partial charge in [0.1, 0.15) is 40.7 Å².